The Hall–Kier alpha value is -0.590. The standard InChI is InChI=1S/C14H24N2O/c1-14(17)7-9-16(10-8-14)13-6-4-2-3-5-12(13)11-15/h12-13,17H,2-10H2,1H3. The van der Waals surface area contributed by atoms with Crippen molar-refractivity contribution in [3.05, 3.63) is 0 Å². The molecule has 2 unspecified atom stereocenters. The molecule has 1 saturated carbocycles. The predicted molar refractivity (Wildman–Crippen MR) is 67.4 cm³/mol. The third-order valence-electron chi connectivity index (χ3n) is 4.49. The quantitative estimate of drug-likeness (QED) is 0.711. The molecule has 1 saturated heterocycles. The second kappa shape index (κ2) is 5.37. The minimum atomic E-state index is -0.483. The molecule has 96 valence electrons. The summed E-state index contributed by atoms with van der Waals surface area (Å²) in [7, 11) is 0. The van der Waals surface area contributed by atoms with Crippen LogP contribution in [0.2, 0.25) is 0 Å². The molecule has 0 amide bonds. The second-order valence-electron chi connectivity index (χ2n) is 5.97. The van der Waals surface area contributed by atoms with Crippen LogP contribution in [0.5, 0.6) is 0 Å². The third kappa shape index (κ3) is 3.20. The van der Waals surface area contributed by atoms with Crippen molar-refractivity contribution < 1.29 is 5.11 Å². The van der Waals surface area contributed by atoms with Gasteiger partial charge in [0.05, 0.1) is 17.6 Å². The molecule has 3 nitrogen and oxygen atoms in total. The molecule has 2 atom stereocenters. The van der Waals surface area contributed by atoms with Gasteiger partial charge >= 0.3 is 0 Å². The molecule has 1 aliphatic carbocycles. The van der Waals surface area contributed by atoms with Crippen LogP contribution < -0.4 is 0 Å². The molecular weight excluding hydrogens is 212 g/mol. The van der Waals surface area contributed by atoms with Crippen molar-refractivity contribution in [3.8, 4) is 6.07 Å². The third-order valence-corrected chi connectivity index (χ3v) is 4.49. The van der Waals surface area contributed by atoms with Crippen molar-refractivity contribution in [1.82, 2.24) is 4.90 Å². The summed E-state index contributed by atoms with van der Waals surface area (Å²) in [5.74, 6) is 0.209. The van der Waals surface area contributed by atoms with E-state index < -0.39 is 5.60 Å². The Kier molecular flexibility index (Phi) is 4.06. The summed E-state index contributed by atoms with van der Waals surface area (Å²) in [5, 5.41) is 19.3. The van der Waals surface area contributed by atoms with Crippen LogP contribution >= 0.6 is 0 Å². The summed E-state index contributed by atoms with van der Waals surface area (Å²) in [6.45, 7) is 3.84. The second-order valence-corrected chi connectivity index (χ2v) is 5.97. The zero-order chi connectivity index (χ0) is 12.3. The van der Waals surface area contributed by atoms with Crippen molar-refractivity contribution in [1.29, 1.82) is 5.26 Å². The van der Waals surface area contributed by atoms with E-state index in [1.807, 2.05) is 6.92 Å². The molecule has 2 rings (SSSR count). The van der Waals surface area contributed by atoms with Gasteiger partial charge in [0.1, 0.15) is 0 Å². The van der Waals surface area contributed by atoms with Crippen LogP contribution in [0.15, 0.2) is 0 Å². The highest BCUT2D eigenvalue weighted by atomic mass is 16.3. The number of piperidine rings is 1. The van der Waals surface area contributed by atoms with Gasteiger partial charge < -0.3 is 5.11 Å². The largest absolute Gasteiger partial charge is 0.390 e. The summed E-state index contributed by atoms with van der Waals surface area (Å²) in [5.41, 5.74) is -0.483. The summed E-state index contributed by atoms with van der Waals surface area (Å²) in [6.07, 6.45) is 7.67. The lowest BCUT2D eigenvalue weighted by Gasteiger charge is -2.41. The Morgan fingerprint density at radius 3 is 2.47 bits per heavy atom. The van der Waals surface area contributed by atoms with Crippen molar-refractivity contribution in [2.45, 2.75) is 63.5 Å². The SMILES string of the molecule is CC1(O)CCN(C2CCCCCC2C#N)CC1. The molecule has 1 heterocycles. The number of aliphatic hydroxyl groups is 1. The van der Waals surface area contributed by atoms with Crippen LogP contribution in [-0.2, 0) is 0 Å². The molecule has 0 bridgehead atoms. The van der Waals surface area contributed by atoms with Crippen LogP contribution in [-0.4, -0.2) is 34.7 Å². The summed E-state index contributed by atoms with van der Waals surface area (Å²) in [6, 6.07) is 2.95. The smallest absolute Gasteiger partial charge is 0.0672 e. The monoisotopic (exact) mass is 236 g/mol. The fourth-order valence-corrected chi connectivity index (χ4v) is 3.21. The number of nitrogens with zero attached hydrogens (tertiary/aromatic N) is 2. The molecule has 0 radical (unpaired) electrons. The van der Waals surface area contributed by atoms with Gasteiger partial charge in [-0.25, -0.2) is 0 Å². The normalized spacial score (nSPS) is 34.9. The lowest BCUT2D eigenvalue weighted by molar-refractivity contribution is -0.0220. The predicted octanol–water partition coefficient (Wildman–Crippen LogP) is 2.31. The van der Waals surface area contributed by atoms with E-state index in [9.17, 15) is 10.4 Å². The van der Waals surface area contributed by atoms with Gasteiger partial charge in [-0.15, -0.1) is 0 Å². The highest BCUT2D eigenvalue weighted by molar-refractivity contribution is 4.96. The van der Waals surface area contributed by atoms with Crippen LogP contribution in [0, 0.1) is 17.2 Å². The number of hydrogen-bond acceptors (Lipinski definition) is 3. The van der Waals surface area contributed by atoms with Crippen molar-refractivity contribution in [2.24, 2.45) is 5.92 Å². The average molecular weight is 236 g/mol. The number of likely N-dealkylation sites (tertiary alicyclic amines) is 1. The highest BCUT2D eigenvalue weighted by Crippen LogP contribution is 2.31. The van der Waals surface area contributed by atoms with Gasteiger partial charge in [-0.05, 0) is 32.6 Å². The van der Waals surface area contributed by atoms with Crippen molar-refractivity contribution in [2.75, 3.05) is 13.1 Å². The van der Waals surface area contributed by atoms with E-state index in [2.05, 4.69) is 11.0 Å². The average Bonchev–Trinajstić information content (AvgIpc) is 2.54. The van der Waals surface area contributed by atoms with E-state index in [1.54, 1.807) is 0 Å². The Balaban J connectivity index is 1.98. The fraction of sp³-hybridized carbons (Fsp3) is 0.929. The van der Waals surface area contributed by atoms with Gasteiger partial charge in [0.2, 0.25) is 0 Å². The highest BCUT2D eigenvalue weighted by Gasteiger charge is 2.34. The first-order valence-corrected chi connectivity index (χ1v) is 6.98. The van der Waals surface area contributed by atoms with Gasteiger partial charge in [-0.2, -0.15) is 5.26 Å². The zero-order valence-corrected chi connectivity index (χ0v) is 10.9. The fourth-order valence-electron chi connectivity index (χ4n) is 3.21. The minimum Gasteiger partial charge on any atom is -0.390 e. The Morgan fingerprint density at radius 1 is 1.18 bits per heavy atom. The van der Waals surface area contributed by atoms with Crippen LogP contribution in [0.1, 0.15) is 51.9 Å². The van der Waals surface area contributed by atoms with E-state index in [0.29, 0.717) is 6.04 Å². The van der Waals surface area contributed by atoms with Crippen LogP contribution in [0.25, 0.3) is 0 Å². The minimum absolute atomic E-state index is 0.209. The first-order valence-electron chi connectivity index (χ1n) is 6.98. The number of hydrogen-bond donors (Lipinski definition) is 1. The Labute approximate surface area is 104 Å². The van der Waals surface area contributed by atoms with Gasteiger partial charge in [0, 0.05) is 19.1 Å². The lowest BCUT2D eigenvalue weighted by Crippen LogP contribution is -2.49. The van der Waals surface area contributed by atoms with Crippen molar-refractivity contribution in [3.63, 3.8) is 0 Å². The molecule has 1 N–H and O–H groups in total. The van der Waals surface area contributed by atoms with Crippen LogP contribution in [0.4, 0.5) is 0 Å². The van der Waals surface area contributed by atoms with E-state index in [-0.39, 0.29) is 5.92 Å². The molecule has 0 aromatic carbocycles. The van der Waals surface area contributed by atoms with Crippen LogP contribution in [0.3, 0.4) is 0 Å². The number of nitriles is 1. The lowest BCUT2D eigenvalue weighted by atomic mass is 9.89. The summed E-state index contributed by atoms with van der Waals surface area (Å²) < 4.78 is 0. The molecular formula is C14H24N2O. The maximum absolute atomic E-state index is 9.98. The first kappa shape index (κ1) is 12.9. The molecule has 2 aliphatic rings. The molecule has 2 fully saturated rings. The van der Waals surface area contributed by atoms with E-state index in [4.69, 9.17) is 0 Å². The number of rotatable bonds is 1. The van der Waals surface area contributed by atoms with Gasteiger partial charge in [0.25, 0.3) is 0 Å². The Bertz CT molecular complexity index is 285. The molecule has 1 aliphatic heterocycles. The van der Waals surface area contributed by atoms with Gasteiger partial charge in [0.15, 0.2) is 0 Å². The molecule has 0 aromatic heterocycles. The maximum atomic E-state index is 9.98. The Morgan fingerprint density at radius 2 is 1.82 bits per heavy atom. The zero-order valence-electron chi connectivity index (χ0n) is 10.9. The van der Waals surface area contributed by atoms with Gasteiger partial charge in [-0.3, -0.25) is 4.90 Å². The molecule has 17 heavy (non-hydrogen) atoms. The molecule has 0 spiro atoms. The molecule has 0 aromatic rings. The van der Waals surface area contributed by atoms with E-state index in [1.165, 1.54) is 25.7 Å². The molecule has 3 heteroatoms. The summed E-state index contributed by atoms with van der Waals surface area (Å²) in [4.78, 5) is 2.46. The first-order chi connectivity index (χ1) is 8.12. The maximum Gasteiger partial charge on any atom is 0.0672 e. The van der Waals surface area contributed by atoms with E-state index >= 15 is 0 Å². The van der Waals surface area contributed by atoms with E-state index in [0.717, 1.165) is 32.4 Å². The topological polar surface area (TPSA) is 47.3 Å². The van der Waals surface area contributed by atoms with Gasteiger partial charge in [-0.1, -0.05) is 19.3 Å². The van der Waals surface area contributed by atoms with Crippen molar-refractivity contribution >= 4 is 0 Å². The summed E-state index contributed by atoms with van der Waals surface area (Å²) >= 11 is 0.